The van der Waals surface area contributed by atoms with Gasteiger partial charge in [-0.2, -0.15) is 0 Å². The fourth-order valence-electron chi connectivity index (χ4n) is 1.10. The van der Waals surface area contributed by atoms with Crippen LogP contribution in [-0.4, -0.2) is 0 Å². The van der Waals surface area contributed by atoms with Crippen LogP contribution in [0, 0.1) is 24.2 Å². The lowest BCUT2D eigenvalue weighted by atomic mass is 10.1. The molecule has 54 valence electrons. The molecular weight excluding hydrogens is 132 g/mol. The van der Waals surface area contributed by atoms with Crippen LogP contribution in [0.25, 0.3) is 0 Å². The predicted octanol–water partition coefficient (Wildman–Crippen LogP) is 2.29. The molecule has 0 atom stereocenters. The summed E-state index contributed by atoms with van der Waals surface area (Å²) in [5.41, 5.74) is 2.23. The fraction of sp³-hybridized carbons (Fsp3) is 0.273. The highest BCUT2D eigenvalue weighted by molar-refractivity contribution is 5.49. The van der Waals surface area contributed by atoms with E-state index in [0.29, 0.717) is 0 Å². The zero-order chi connectivity index (χ0) is 8.10. The molecule has 0 aromatic heterocycles. The smallest absolute Gasteiger partial charge is 0.0241 e. The maximum Gasteiger partial charge on any atom is 0.0241 e. The van der Waals surface area contributed by atoms with E-state index in [4.69, 9.17) is 6.42 Å². The summed E-state index contributed by atoms with van der Waals surface area (Å²) in [7, 11) is 0. The molecular formula is C11H10. The first kappa shape index (κ1) is 7.70. The molecule has 0 saturated heterocycles. The highest BCUT2D eigenvalue weighted by Gasteiger charge is 2.07. The zero-order valence-corrected chi connectivity index (χ0v) is 6.65. The van der Waals surface area contributed by atoms with Gasteiger partial charge in [-0.1, -0.05) is 17.9 Å². The average Bonchev–Trinajstić information content (AvgIpc) is 2.47. The minimum Gasteiger partial charge on any atom is -0.115 e. The van der Waals surface area contributed by atoms with Crippen LogP contribution in [0.5, 0.6) is 0 Å². The van der Waals surface area contributed by atoms with Crippen molar-refractivity contribution in [1.82, 2.24) is 0 Å². The number of allylic oxidation sites excluding steroid dienone is 4. The van der Waals surface area contributed by atoms with Gasteiger partial charge in [0.05, 0.1) is 0 Å². The second-order valence-corrected chi connectivity index (χ2v) is 2.36. The molecule has 0 aromatic rings. The molecule has 0 aromatic carbocycles. The van der Waals surface area contributed by atoms with Gasteiger partial charge >= 0.3 is 0 Å². The maximum atomic E-state index is 5.29. The first-order valence-electron chi connectivity index (χ1n) is 3.67. The fourth-order valence-corrected chi connectivity index (χ4v) is 1.10. The van der Waals surface area contributed by atoms with E-state index >= 15 is 0 Å². The van der Waals surface area contributed by atoms with Crippen molar-refractivity contribution in [2.75, 3.05) is 0 Å². The summed E-state index contributed by atoms with van der Waals surface area (Å²) in [5, 5.41) is 0. The molecule has 1 aliphatic carbocycles. The van der Waals surface area contributed by atoms with Crippen LogP contribution in [-0.2, 0) is 0 Å². The molecule has 0 saturated carbocycles. The highest BCUT2D eigenvalue weighted by Crippen LogP contribution is 2.23. The normalized spacial score (nSPS) is 18.5. The van der Waals surface area contributed by atoms with Crippen LogP contribution < -0.4 is 0 Å². The molecule has 0 spiro atoms. The van der Waals surface area contributed by atoms with E-state index in [1.807, 2.05) is 13.0 Å². The van der Waals surface area contributed by atoms with Crippen molar-refractivity contribution >= 4 is 0 Å². The van der Waals surface area contributed by atoms with Crippen molar-refractivity contribution in [3.63, 3.8) is 0 Å². The Labute approximate surface area is 68.0 Å². The molecule has 0 nitrogen and oxygen atoms in total. The molecule has 1 rings (SSSR count). The Morgan fingerprint density at radius 3 is 3.09 bits per heavy atom. The minimum absolute atomic E-state index is 1.02. The van der Waals surface area contributed by atoms with Crippen molar-refractivity contribution in [2.45, 2.75) is 19.8 Å². The van der Waals surface area contributed by atoms with E-state index in [0.717, 1.165) is 18.4 Å². The van der Waals surface area contributed by atoms with Gasteiger partial charge in [0.15, 0.2) is 0 Å². The van der Waals surface area contributed by atoms with Crippen molar-refractivity contribution < 1.29 is 0 Å². The van der Waals surface area contributed by atoms with Gasteiger partial charge < -0.3 is 0 Å². The lowest BCUT2D eigenvalue weighted by Gasteiger charge is -1.92. The van der Waals surface area contributed by atoms with Crippen LogP contribution >= 0.6 is 0 Å². The zero-order valence-electron chi connectivity index (χ0n) is 6.65. The van der Waals surface area contributed by atoms with Gasteiger partial charge in [0.2, 0.25) is 0 Å². The lowest BCUT2D eigenvalue weighted by Crippen LogP contribution is -1.77. The van der Waals surface area contributed by atoms with E-state index in [2.05, 4.69) is 23.8 Å². The van der Waals surface area contributed by atoms with E-state index in [1.54, 1.807) is 0 Å². The second-order valence-electron chi connectivity index (χ2n) is 2.36. The van der Waals surface area contributed by atoms with Gasteiger partial charge in [0, 0.05) is 5.57 Å². The third-order valence-corrected chi connectivity index (χ3v) is 1.65. The Morgan fingerprint density at radius 2 is 2.45 bits per heavy atom. The number of hydrogen-bond donors (Lipinski definition) is 0. The van der Waals surface area contributed by atoms with Crippen molar-refractivity contribution in [3.05, 3.63) is 23.3 Å². The number of hydrogen-bond acceptors (Lipinski definition) is 0. The molecule has 0 unspecified atom stereocenters. The third kappa shape index (κ3) is 1.76. The first-order chi connectivity index (χ1) is 5.38. The molecule has 11 heavy (non-hydrogen) atoms. The van der Waals surface area contributed by atoms with E-state index in [1.165, 1.54) is 5.57 Å². The van der Waals surface area contributed by atoms with Crippen LogP contribution in [0.15, 0.2) is 23.3 Å². The van der Waals surface area contributed by atoms with Crippen LogP contribution in [0.3, 0.4) is 0 Å². The molecule has 0 N–H and O–H groups in total. The summed E-state index contributed by atoms with van der Waals surface area (Å²) >= 11 is 0. The van der Waals surface area contributed by atoms with Crippen molar-refractivity contribution in [1.29, 1.82) is 0 Å². The minimum atomic E-state index is 1.02. The number of rotatable bonds is 0. The SMILES string of the molecule is C#CC1=CCCC1=CC#CC. The molecule has 0 heteroatoms. The van der Waals surface area contributed by atoms with Crippen LogP contribution in [0.2, 0.25) is 0 Å². The Kier molecular flexibility index (Phi) is 2.59. The highest BCUT2D eigenvalue weighted by atomic mass is 14.1. The van der Waals surface area contributed by atoms with Gasteiger partial charge in [0.1, 0.15) is 0 Å². The van der Waals surface area contributed by atoms with Gasteiger partial charge in [0.25, 0.3) is 0 Å². The quantitative estimate of drug-likeness (QED) is 0.455. The molecule has 1 aliphatic rings. The Balaban J connectivity index is 2.82. The van der Waals surface area contributed by atoms with Gasteiger partial charge in [-0.3, -0.25) is 0 Å². The summed E-state index contributed by atoms with van der Waals surface area (Å²) < 4.78 is 0. The summed E-state index contributed by atoms with van der Waals surface area (Å²) in [6.07, 6.45) is 11.4. The summed E-state index contributed by atoms with van der Waals surface area (Å²) in [6, 6.07) is 0. The van der Waals surface area contributed by atoms with Gasteiger partial charge in [-0.25, -0.2) is 0 Å². The Morgan fingerprint density at radius 1 is 1.64 bits per heavy atom. The maximum absolute atomic E-state index is 5.29. The third-order valence-electron chi connectivity index (χ3n) is 1.65. The molecule has 0 radical (unpaired) electrons. The average molecular weight is 142 g/mol. The van der Waals surface area contributed by atoms with E-state index in [-0.39, 0.29) is 0 Å². The summed E-state index contributed by atoms with van der Waals surface area (Å²) in [4.78, 5) is 0. The van der Waals surface area contributed by atoms with Crippen LogP contribution in [0.4, 0.5) is 0 Å². The van der Waals surface area contributed by atoms with Crippen LogP contribution in [0.1, 0.15) is 19.8 Å². The standard InChI is InChI=1S/C11H10/c1-3-5-7-11-9-6-8-10(11)4-2/h2,7-8H,6,9H2,1H3. The largest absolute Gasteiger partial charge is 0.115 e. The Bertz CT molecular complexity index is 297. The molecule has 0 bridgehead atoms. The Hall–Kier alpha value is -1.40. The lowest BCUT2D eigenvalue weighted by molar-refractivity contribution is 1.06. The predicted molar refractivity (Wildman–Crippen MR) is 47.7 cm³/mol. The van der Waals surface area contributed by atoms with Crippen molar-refractivity contribution in [3.8, 4) is 24.2 Å². The van der Waals surface area contributed by atoms with Gasteiger partial charge in [-0.05, 0) is 31.4 Å². The second kappa shape index (κ2) is 3.69. The molecule has 0 aliphatic heterocycles. The molecule has 0 fully saturated rings. The molecule has 0 heterocycles. The monoisotopic (exact) mass is 142 g/mol. The summed E-state index contributed by atoms with van der Waals surface area (Å²) in [5.74, 6) is 8.37. The summed E-state index contributed by atoms with van der Waals surface area (Å²) in [6.45, 7) is 1.82. The number of terminal acetylenes is 1. The van der Waals surface area contributed by atoms with Crippen molar-refractivity contribution in [2.24, 2.45) is 0 Å². The first-order valence-corrected chi connectivity index (χ1v) is 3.67. The van der Waals surface area contributed by atoms with E-state index in [9.17, 15) is 0 Å². The van der Waals surface area contributed by atoms with Gasteiger partial charge in [-0.15, -0.1) is 12.3 Å². The topological polar surface area (TPSA) is 0 Å². The molecule has 0 amide bonds. The van der Waals surface area contributed by atoms with E-state index < -0.39 is 0 Å².